The SMILES string of the molecule is Cc1c(C)c(C)c([C@H](N)[C@H](O)C(C)C)c(C)c1C.Cl. The highest BCUT2D eigenvalue weighted by Gasteiger charge is 2.25. The number of halogens is 1. The van der Waals surface area contributed by atoms with Crippen molar-refractivity contribution in [2.75, 3.05) is 0 Å². The molecule has 0 heterocycles. The van der Waals surface area contributed by atoms with Crippen molar-refractivity contribution in [2.45, 2.75) is 60.6 Å². The Morgan fingerprint density at radius 2 is 1.11 bits per heavy atom. The van der Waals surface area contributed by atoms with Crippen molar-refractivity contribution in [2.24, 2.45) is 11.7 Å². The molecule has 0 bridgehead atoms. The van der Waals surface area contributed by atoms with Crippen LogP contribution in [0.3, 0.4) is 0 Å². The third kappa shape index (κ3) is 3.31. The van der Waals surface area contributed by atoms with Crippen molar-refractivity contribution in [3.8, 4) is 0 Å². The lowest BCUT2D eigenvalue weighted by Gasteiger charge is -2.28. The highest BCUT2D eigenvalue weighted by atomic mass is 35.5. The van der Waals surface area contributed by atoms with Crippen molar-refractivity contribution >= 4 is 12.4 Å². The first kappa shape index (κ1) is 18.4. The molecule has 3 heteroatoms. The number of hydrogen-bond donors (Lipinski definition) is 2. The van der Waals surface area contributed by atoms with E-state index in [1.165, 1.54) is 27.8 Å². The van der Waals surface area contributed by atoms with E-state index in [2.05, 4.69) is 34.6 Å². The first-order valence-corrected chi connectivity index (χ1v) is 6.70. The third-order valence-electron chi connectivity index (χ3n) is 4.44. The predicted molar refractivity (Wildman–Crippen MR) is 85.1 cm³/mol. The molecule has 0 fully saturated rings. The van der Waals surface area contributed by atoms with Crippen LogP contribution in [0.1, 0.15) is 53.3 Å². The number of rotatable bonds is 3. The molecule has 1 aromatic rings. The summed E-state index contributed by atoms with van der Waals surface area (Å²) in [5.74, 6) is 0.167. The summed E-state index contributed by atoms with van der Waals surface area (Å²) >= 11 is 0. The Hall–Kier alpha value is -0.570. The zero-order valence-electron chi connectivity index (χ0n) is 13.2. The predicted octanol–water partition coefficient (Wildman–Crippen LogP) is 3.67. The van der Waals surface area contributed by atoms with E-state index in [1.807, 2.05) is 13.8 Å². The summed E-state index contributed by atoms with van der Waals surface area (Å²) in [5.41, 5.74) is 13.8. The fraction of sp³-hybridized carbons (Fsp3) is 0.625. The molecule has 0 saturated carbocycles. The molecule has 0 radical (unpaired) electrons. The van der Waals surface area contributed by atoms with Crippen LogP contribution in [0, 0.1) is 40.5 Å². The first-order valence-electron chi connectivity index (χ1n) is 6.70. The normalized spacial score (nSPS) is 14.2. The Bertz CT molecular complexity index is 426. The Morgan fingerprint density at radius 3 is 1.42 bits per heavy atom. The number of aliphatic hydroxyl groups is 1. The summed E-state index contributed by atoms with van der Waals surface area (Å²) in [7, 11) is 0. The van der Waals surface area contributed by atoms with Crippen molar-refractivity contribution in [1.82, 2.24) is 0 Å². The van der Waals surface area contributed by atoms with Crippen LogP contribution in [0.25, 0.3) is 0 Å². The van der Waals surface area contributed by atoms with Crippen LogP contribution in [0.2, 0.25) is 0 Å². The molecule has 0 aliphatic heterocycles. The summed E-state index contributed by atoms with van der Waals surface area (Å²) in [6.45, 7) is 14.6. The van der Waals surface area contributed by atoms with E-state index in [4.69, 9.17) is 5.73 Å². The smallest absolute Gasteiger partial charge is 0.0755 e. The molecule has 2 nitrogen and oxygen atoms in total. The number of aliphatic hydroxyl groups excluding tert-OH is 1. The molecule has 0 unspecified atom stereocenters. The molecule has 0 aromatic heterocycles. The highest BCUT2D eigenvalue weighted by Crippen LogP contribution is 2.32. The second-order valence-electron chi connectivity index (χ2n) is 5.80. The molecular formula is C16H28ClNO. The van der Waals surface area contributed by atoms with Crippen LogP contribution >= 0.6 is 12.4 Å². The number of benzene rings is 1. The van der Waals surface area contributed by atoms with Gasteiger partial charge in [0.05, 0.1) is 12.1 Å². The van der Waals surface area contributed by atoms with Gasteiger partial charge in [0.15, 0.2) is 0 Å². The van der Waals surface area contributed by atoms with E-state index in [0.717, 1.165) is 5.56 Å². The van der Waals surface area contributed by atoms with E-state index in [9.17, 15) is 5.11 Å². The molecule has 2 atom stereocenters. The Morgan fingerprint density at radius 1 is 0.789 bits per heavy atom. The average molecular weight is 286 g/mol. The average Bonchev–Trinajstić information content (AvgIpc) is 2.32. The molecule has 1 rings (SSSR count). The molecule has 0 saturated heterocycles. The zero-order chi connectivity index (χ0) is 14.2. The van der Waals surface area contributed by atoms with Gasteiger partial charge in [-0.15, -0.1) is 12.4 Å². The van der Waals surface area contributed by atoms with Crippen LogP contribution in [0.4, 0.5) is 0 Å². The largest absolute Gasteiger partial charge is 0.391 e. The lowest BCUT2D eigenvalue weighted by Crippen LogP contribution is -2.32. The van der Waals surface area contributed by atoms with Crippen LogP contribution in [0.5, 0.6) is 0 Å². The maximum atomic E-state index is 10.2. The maximum absolute atomic E-state index is 10.2. The first-order chi connectivity index (χ1) is 8.20. The van der Waals surface area contributed by atoms with Crippen molar-refractivity contribution in [1.29, 1.82) is 0 Å². The molecule has 0 amide bonds. The van der Waals surface area contributed by atoms with Crippen molar-refractivity contribution in [3.63, 3.8) is 0 Å². The van der Waals surface area contributed by atoms with Crippen LogP contribution < -0.4 is 5.73 Å². The van der Waals surface area contributed by atoms with E-state index < -0.39 is 6.10 Å². The molecule has 1 aromatic carbocycles. The summed E-state index contributed by atoms with van der Waals surface area (Å²) < 4.78 is 0. The molecule has 19 heavy (non-hydrogen) atoms. The van der Waals surface area contributed by atoms with Gasteiger partial charge in [0.25, 0.3) is 0 Å². The molecule has 0 aliphatic carbocycles. The zero-order valence-corrected chi connectivity index (χ0v) is 14.0. The van der Waals surface area contributed by atoms with Crippen LogP contribution in [-0.2, 0) is 0 Å². The van der Waals surface area contributed by atoms with Crippen LogP contribution in [0.15, 0.2) is 0 Å². The van der Waals surface area contributed by atoms with E-state index >= 15 is 0 Å². The number of hydrogen-bond acceptors (Lipinski definition) is 2. The molecule has 3 N–H and O–H groups in total. The lowest BCUT2D eigenvalue weighted by atomic mass is 9.83. The quantitative estimate of drug-likeness (QED) is 0.890. The summed E-state index contributed by atoms with van der Waals surface area (Å²) in [6, 6.07) is -0.303. The molecule has 0 aliphatic rings. The summed E-state index contributed by atoms with van der Waals surface area (Å²) in [4.78, 5) is 0. The van der Waals surface area contributed by atoms with E-state index in [0.29, 0.717) is 0 Å². The second-order valence-corrected chi connectivity index (χ2v) is 5.80. The minimum atomic E-state index is -0.496. The fourth-order valence-electron chi connectivity index (χ4n) is 2.61. The Kier molecular flexibility index (Phi) is 6.53. The number of nitrogens with two attached hydrogens (primary N) is 1. The lowest BCUT2D eigenvalue weighted by molar-refractivity contribution is 0.0974. The standard InChI is InChI=1S/C16H27NO.ClH/c1-8(2)16(18)15(17)14-12(6)10(4)9(3)11(5)13(14)7;/h8,15-16,18H,17H2,1-7H3;1H/t15-,16+;/m0./s1. The van der Waals surface area contributed by atoms with Crippen molar-refractivity contribution < 1.29 is 5.11 Å². The van der Waals surface area contributed by atoms with Gasteiger partial charge in [-0.2, -0.15) is 0 Å². The fourth-order valence-corrected chi connectivity index (χ4v) is 2.61. The van der Waals surface area contributed by atoms with Gasteiger partial charge in [0.2, 0.25) is 0 Å². The Labute approximate surface area is 123 Å². The van der Waals surface area contributed by atoms with Gasteiger partial charge in [-0.3, -0.25) is 0 Å². The molecule has 0 spiro atoms. The summed E-state index contributed by atoms with van der Waals surface area (Å²) in [5, 5.41) is 10.2. The third-order valence-corrected chi connectivity index (χ3v) is 4.44. The van der Waals surface area contributed by atoms with Gasteiger partial charge in [-0.25, -0.2) is 0 Å². The minimum Gasteiger partial charge on any atom is -0.391 e. The molecular weight excluding hydrogens is 258 g/mol. The van der Waals surface area contributed by atoms with E-state index in [1.54, 1.807) is 0 Å². The second kappa shape index (κ2) is 6.74. The topological polar surface area (TPSA) is 46.2 Å². The summed E-state index contributed by atoms with van der Waals surface area (Å²) in [6.07, 6.45) is -0.496. The highest BCUT2D eigenvalue weighted by molar-refractivity contribution is 5.85. The monoisotopic (exact) mass is 285 g/mol. The molecule has 110 valence electrons. The van der Waals surface area contributed by atoms with Gasteiger partial charge in [0, 0.05) is 0 Å². The maximum Gasteiger partial charge on any atom is 0.0755 e. The van der Waals surface area contributed by atoms with Gasteiger partial charge < -0.3 is 10.8 Å². The van der Waals surface area contributed by atoms with Gasteiger partial charge >= 0.3 is 0 Å². The minimum absolute atomic E-state index is 0. The van der Waals surface area contributed by atoms with Crippen molar-refractivity contribution in [3.05, 3.63) is 33.4 Å². The Balaban J connectivity index is 0.00000324. The van der Waals surface area contributed by atoms with Gasteiger partial charge in [-0.05, 0) is 73.9 Å². The van der Waals surface area contributed by atoms with Gasteiger partial charge in [-0.1, -0.05) is 13.8 Å². The van der Waals surface area contributed by atoms with Gasteiger partial charge in [0.1, 0.15) is 0 Å². The van der Waals surface area contributed by atoms with E-state index in [-0.39, 0.29) is 24.4 Å². The van der Waals surface area contributed by atoms with Crippen LogP contribution in [-0.4, -0.2) is 11.2 Å².